The van der Waals surface area contributed by atoms with Crippen LogP contribution >= 0.6 is 0 Å². The maximum Gasteiger partial charge on any atom is 0.317 e. The van der Waals surface area contributed by atoms with E-state index in [-0.39, 0.29) is 6.54 Å². The van der Waals surface area contributed by atoms with E-state index in [1.807, 2.05) is 0 Å². The fraction of sp³-hybridized carbons (Fsp3) is 0.938. The van der Waals surface area contributed by atoms with Crippen LogP contribution in [0.4, 0.5) is 0 Å². The van der Waals surface area contributed by atoms with Crippen molar-refractivity contribution in [1.29, 1.82) is 0 Å². The minimum Gasteiger partial charge on any atom is -0.480 e. The molecule has 0 aromatic carbocycles. The Morgan fingerprint density at radius 2 is 1.63 bits per heavy atom. The number of carboxylic acid groups (broad SMARTS) is 1. The summed E-state index contributed by atoms with van der Waals surface area (Å²) < 4.78 is 0. The summed E-state index contributed by atoms with van der Waals surface area (Å²) in [6, 6.07) is 0.337. The van der Waals surface area contributed by atoms with Crippen LogP contribution in [0.2, 0.25) is 0 Å². The number of hydrogen-bond donors (Lipinski definition) is 1. The van der Waals surface area contributed by atoms with Crippen LogP contribution in [0.5, 0.6) is 0 Å². The molecule has 0 atom stereocenters. The van der Waals surface area contributed by atoms with Gasteiger partial charge in [0.2, 0.25) is 0 Å². The van der Waals surface area contributed by atoms with Gasteiger partial charge in [-0.2, -0.15) is 0 Å². The Balaban J connectivity index is 1.72. The quantitative estimate of drug-likeness (QED) is 0.830. The lowest BCUT2D eigenvalue weighted by Crippen LogP contribution is -2.53. The van der Waals surface area contributed by atoms with E-state index in [0.717, 1.165) is 24.3 Å². The molecule has 4 bridgehead atoms. The minimum atomic E-state index is -0.682. The number of aliphatic carboxylic acids is 1. The lowest BCUT2D eigenvalue weighted by molar-refractivity contribution is -0.140. The molecule has 0 saturated heterocycles. The number of rotatable bonds is 5. The third-order valence-electron chi connectivity index (χ3n) is 5.77. The summed E-state index contributed by atoms with van der Waals surface area (Å²) in [4.78, 5) is 13.2. The van der Waals surface area contributed by atoms with Crippen molar-refractivity contribution in [3.05, 3.63) is 0 Å². The van der Waals surface area contributed by atoms with E-state index in [0.29, 0.717) is 11.5 Å². The first kappa shape index (κ1) is 13.4. The minimum absolute atomic E-state index is 0.208. The van der Waals surface area contributed by atoms with Crippen LogP contribution in [0.25, 0.3) is 0 Å². The van der Waals surface area contributed by atoms with Crippen LogP contribution < -0.4 is 0 Å². The molecule has 0 aromatic rings. The summed E-state index contributed by atoms with van der Waals surface area (Å²) in [5.41, 5.74) is 0.453. The molecule has 4 aliphatic rings. The van der Waals surface area contributed by atoms with Crippen molar-refractivity contribution in [3.63, 3.8) is 0 Å². The summed E-state index contributed by atoms with van der Waals surface area (Å²) in [5.74, 6) is 2.17. The molecule has 4 aliphatic carbocycles. The van der Waals surface area contributed by atoms with Crippen molar-refractivity contribution in [2.24, 2.45) is 23.2 Å². The molecular formula is C16H27NO2. The van der Waals surface area contributed by atoms with Crippen LogP contribution in [0, 0.1) is 23.2 Å². The molecule has 3 heteroatoms. The van der Waals surface area contributed by atoms with Gasteiger partial charge < -0.3 is 5.11 Å². The largest absolute Gasteiger partial charge is 0.480 e. The molecule has 4 fully saturated rings. The lowest BCUT2D eigenvalue weighted by Gasteiger charge is -2.58. The highest BCUT2D eigenvalue weighted by atomic mass is 16.4. The van der Waals surface area contributed by atoms with Crippen molar-refractivity contribution in [1.82, 2.24) is 4.90 Å². The summed E-state index contributed by atoms with van der Waals surface area (Å²) in [7, 11) is 0. The fourth-order valence-corrected chi connectivity index (χ4v) is 5.51. The Bertz CT molecular complexity index is 328. The van der Waals surface area contributed by atoms with Crippen LogP contribution in [-0.4, -0.2) is 35.1 Å². The van der Waals surface area contributed by atoms with E-state index >= 15 is 0 Å². The van der Waals surface area contributed by atoms with E-state index in [1.165, 1.54) is 38.5 Å². The van der Waals surface area contributed by atoms with Crippen LogP contribution in [0.15, 0.2) is 0 Å². The Morgan fingerprint density at radius 3 is 2.00 bits per heavy atom. The molecule has 4 rings (SSSR count). The molecule has 0 amide bonds. The second-order valence-electron chi connectivity index (χ2n) is 7.81. The van der Waals surface area contributed by atoms with Gasteiger partial charge in [0.1, 0.15) is 0 Å². The van der Waals surface area contributed by atoms with Gasteiger partial charge in [0, 0.05) is 12.6 Å². The van der Waals surface area contributed by atoms with Gasteiger partial charge in [0.15, 0.2) is 0 Å². The first-order valence-electron chi connectivity index (χ1n) is 7.92. The number of hydrogen-bond acceptors (Lipinski definition) is 2. The molecule has 0 aliphatic heterocycles. The van der Waals surface area contributed by atoms with Gasteiger partial charge in [-0.25, -0.2) is 0 Å². The first-order valence-corrected chi connectivity index (χ1v) is 7.92. The van der Waals surface area contributed by atoms with Crippen molar-refractivity contribution in [3.8, 4) is 0 Å². The van der Waals surface area contributed by atoms with Gasteiger partial charge >= 0.3 is 5.97 Å². The third-order valence-corrected chi connectivity index (χ3v) is 5.77. The summed E-state index contributed by atoms with van der Waals surface area (Å²) in [5, 5.41) is 9.10. The standard InChI is InChI=1S/C16H27NO2/c1-11(2)17(9-15(18)19)10-16-6-12-3-13(7-16)5-14(4-12)8-16/h11-14H,3-10H2,1-2H3,(H,18,19). The predicted octanol–water partition coefficient (Wildman–Crippen LogP) is 3.00. The molecule has 19 heavy (non-hydrogen) atoms. The molecule has 0 radical (unpaired) electrons. The van der Waals surface area contributed by atoms with Gasteiger partial charge in [0.25, 0.3) is 0 Å². The topological polar surface area (TPSA) is 40.5 Å². The van der Waals surface area contributed by atoms with Crippen molar-refractivity contribution < 1.29 is 9.90 Å². The molecular weight excluding hydrogens is 238 g/mol. The third kappa shape index (κ3) is 2.67. The molecule has 0 spiro atoms. The Labute approximate surface area is 116 Å². The molecule has 4 saturated carbocycles. The van der Waals surface area contributed by atoms with E-state index < -0.39 is 5.97 Å². The van der Waals surface area contributed by atoms with E-state index in [1.54, 1.807) is 0 Å². The zero-order valence-corrected chi connectivity index (χ0v) is 12.3. The van der Waals surface area contributed by atoms with Crippen molar-refractivity contribution in [2.45, 2.75) is 58.4 Å². The SMILES string of the molecule is CC(C)N(CC(=O)O)CC12CC3CC(CC(C3)C1)C2. The second kappa shape index (κ2) is 4.76. The highest BCUT2D eigenvalue weighted by Gasteiger charge is 2.51. The van der Waals surface area contributed by atoms with Gasteiger partial charge in [0.05, 0.1) is 6.54 Å². The van der Waals surface area contributed by atoms with E-state index in [4.69, 9.17) is 5.11 Å². The highest BCUT2D eigenvalue weighted by molar-refractivity contribution is 5.69. The van der Waals surface area contributed by atoms with Gasteiger partial charge in [-0.1, -0.05) is 0 Å². The average molecular weight is 265 g/mol. The van der Waals surface area contributed by atoms with E-state index in [9.17, 15) is 4.79 Å². The van der Waals surface area contributed by atoms with E-state index in [2.05, 4.69) is 18.7 Å². The highest BCUT2D eigenvalue weighted by Crippen LogP contribution is 2.60. The average Bonchev–Trinajstić information content (AvgIpc) is 2.24. The number of nitrogens with zero attached hydrogens (tertiary/aromatic N) is 1. The summed E-state index contributed by atoms with van der Waals surface area (Å²) in [6.07, 6.45) is 8.46. The Morgan fingerprint density at radius 1 is 1.16 bits per heavy atom. The molecule has 0 aromatic heterocycles. The van der Waals surface area contributed by atoms with Gasteiger partial charge in [-0.05, 0) is 75.5 Å². The van der Waals surface area contributed by atoms with Gasteiger partial charge in [-0.15, -0.1) is 0 Å². The van der Waals surface area contributed by atoms with Crippen LogP contribution in [-0.2, 0) is 4.79 Å². The van der Waals surface area contributed by atoms with Crippen LogP contribution in [0.1, 0.15) is 52.4 Å². The zero-order valence-electron chi connectivity index (χ0n) is 12.3. The Hall–Kier alpha value is -0.570. The smallest absolute Gasteiger partial charge is 0.317 e. The molecule has 3 nitrogen and oxygen atoms in total. The first-order chi connectivity index (χ1) is 8.96. The summed E-state index contributed by atoms with van der Waals surface area (Å²) >= 11 is 0. The normalized spacial score (nSPS) is 40.3. The van der Waals surface area contributed by atoms with Gasteiger partial charge in [-0.3, -0.25) is 9.69 Å². The zero-order chi connectivity index (χ0) is 13.6. The maximum absolute atomic E-state index is 11.1. The molecule has 0 heterocycles. The second-order valence-corrected chi connectivity index (χ2v) is 7.81. The van der Waals surface area contributed by atoms with Crippen molar-refractivity contribution in [2.75, 3.05) is 13.1 Å². The van der Waals surface area contributed by atoms with Crippen molar-refractivity contribution >= 4 is 5.97 Å². The molecule has 0 unspecified atom stereocenters. The number of carboxylic acids is 1. The summed E-state index contributed by atoms with van der Waals surface area (Å²) in [6.45, 7) is 5.48. The maximum atomic E-state index is 11.1. The molecule has 1 N–H and O–H groups in total. The van der Waals surface area contributed by atoms with Crippen LogP contribution in [0.3, 0.4) is 0 Å². The Kier molecular flexibility index (Phi) is 3.36. The molecule has 108 valence electrons. The monoisotopic (exact) mass is 265 g/mol. The predicted molar refractivity (Wildman–Crippen MR) is 74.9 cm³/mol. The number of carbonyl (C=O) groups is 1. The lowest BCUT2D eigenvalue weighted by atomic mass is 9.49. The fourth-order valence-electron chi connectivity index (χ4n) is 5.51.